The molecule has 58 heavy (non-hydrogen) atoms. The van der Waals surface area contributed by atoms with Gasteiger partial charge in [-0.2, -0.15) is 0 Å². The Morgan fingerprint density at radius 3 is 1.45 bits per heavy atom. The molecule has 0 saturated carbocycles. The van der Waals surface area contributed by atoms with Gasteiger partial charge in [0.05, 0.1) is 0 Å². The number of para-hydroxylation sites is 1. The molecule has 11 aromatic rings. The van der Waals surface area contributed by atoms with E-state index in [2.05, 4.69) is 217 Å². The molecule has 2 nitrogen and oxygen atoms in total. The molecule has 10 aromatic carbocycles. The molecule has 1 heterocycles. The van der Waals surface area contributed by atoms with Gasteiger partial charge in [0.25, 0.3) is 0 Å². The molecular weight excluding hydrogens is 703 g/mol. The summed E-state index contributed by atoms with van der Waals surface area (Å²) in [4.78, 5) is 2.36. The first-order valence-electron chi connectivity index (χ1n) is 19.8. The van der Waals surface area contributed by atoms with Crippen LogP contribution in [0.15, 0.2) is 229 Å². The Kier molecular flexibility index (Phi) is 8.19. The minimum atomic E-state index is 0.880. The SMILES string of the molecule is c1ccc(-c2ccc(N(c3cccc(-c4ccc5c(c4)c(-c4ccccc4)c(-c4ccccc4)c4ccccc45)c3)c3ccc4oc5ccccc5c4c3)cc2)cc1. The summed E-state index contributed by atoms with van der Waals surface area (Å²) in [6.07, 6.45) is 0. The number of nitrogens with zero attached hydrogens (tertiary/aromatic N) is 1. The average Bonchev–Trinajstić information content (AvgIpc) is 3.68. The Morgan fingerprint density at radius 1 is 0.241 bits per heavy atom. The second kappa shape index (κ2) is 14.1. The number of anilines is 3. The first kappa shape index (κ1) is 33.6. The third kappa shape index (κ3) is 5.82. The van der Waals surface area contributed by atoms with Crippen LogP contribution in [-0.2, 0) is 0 Å². The quantitative estimate of drug-likeness (QED) is 0.151. The molecule has 272 valence electrons. The smallest absolute Gasteiger partial charge is 0.135 e. The van der Waals surface area contributed by atoms with Crippen molar-refractivity contribution in [3.8, 4) is 44.5 Å². The molecule has 0 saturated heterocycles. The molecule has 2 heteroatoms. The molecule has 0 fully saturated rings. The average molecular weight is 740 g/mol. The standard InChI is InChI=1S/C56H37NO/c1-4-15-38(16-5-1)39-27-30-44(31-28-39)57(46-32-34-54-51(37-46)49-24-12-13-26-53(49)58-54)45-22-14-21-42(35-45)43-29-33-48-47-23-10-11-25-50(47)55(40-17-6-2-7-18-40)56(52(48)36-43)41-19-8-3-9-20-41/h1-37H. The van der Waals surface area contributed by atoms with Crippen molar-refractivity contribution < 1.29 is 4.42 Å². The number of hydrogen-bond acceptors (Lipinski definition) is 2. The molecule has 0 aliphatic heterocycles. The van der Waals surface area contributed by atoms with E-state index in [0.29, 0.717) is 0 Å². The summed E-state index contributed by atoms with van der Waals surface area (Å²) in [7, 11) is 0. The van der Waals surface area contributed by atoms with E-state index in [9.17, 15) is 0 Å². The van der Waals surface area contributed by atoms with Crippen LogP contribution in [-0.4, -0.2) is 0 Å². The largest absolute Gasteiger partial charge is 0.456 e. The van der Waals surface area contributed by atoms with E-state index in [0.717, 1.165) is 50.1 Å². The third-order valence-electron chi connectivity index (χ3n) is 11.4. The predicted octanol–water partition coefficient (Wildman–Crippen LogP) is 16.0. The van der Waals surface area contributed by atoms with Crippen LogP contribution in [0, 0.1) is 0 Å². The molecule has 11 rings (SSSR count). The van der Waals surface area contributed by atoms with E-state index >= 15 is 0 Å². The highest BCUT2D eigenvalue weighted by Gasteiger charge is 2.20. The Morgan fingerprint density at radius 2 is 0.724 bits per heavy atom. The predicted molar refractivity (Wildman–Crippen MR) is 245 cm³/mol. The molecule has 0 atom stereocenters. The van der Waals surface area contributed by atoms with Crippen molar-refractivity contribution in [2.75, 3.05) is 4.90 Å². The van der Waals surface area contributed by atoms with Crippen LogP contribution in [0.5, 0.6) is 0 Å². The normalized spacial score (nSPS) is 11.4. The van der Waals surface area contributed by atoms with Gasteiger partial charge in [0.15, 0.2) is 0 Å². The van der Waals surface area contributed by atoms with Gasteiger partial charge in [0.2, 0.25) is 0 Å². The molecule has 0 spiro atoms. The summed E-state index contributed by atoms with van der Waals surface area (Å²) in [5.41, 5.74) is 14.6. The minimum Gasteiger partial charge on any atom is -0.456 e. The van der Waals surface area contributed by atoms with E-state index in [1.807, 2.05) is 12.1 Å². The van der Waals surface area contributed by atoms with Crippen LogP contribution in [0.2, 0.25) is 0 Å². The fourth-order valence-corrected chi connectivity index (χ4v) is 8.74. The van der Waals surface area contributed by atoms with Gasteiger partial charge in [-0.25, -0.2) is 0 Å². The molecule has 0 bridgehead atoms. The maximum Gasteiger partial charge on any atom is 0.135 e. The van der Waals surface area contributed by atoms with Gasteiger partial charge < -0.3 is 9.32 Å². The second-order valence-electron chi connectivity index (χ2n) is 14.9. The molecule has 0 aliphatic carbocycles. The van der Waals surface area contributed by atoms with E-state index in [-0.39, 0.29) is 0 Å². The second-order valence-corrected chi connectivity index (χ2v) is 14.9. The van der Waals surface area contributed by atoms with Crippen molar-refractivity contribution in [1.29, 1.82) is 0 Å². The Hall–Kier alpha value is -7.68. The van der Waals surface area contributed by atoms with Gasteiger partial charge in [-0.3, -0.25) is 0 Å². The van der Waals surface area contributed by atoms with Crippen molar-refractivity contribution in [2.24, 2.45) is 0 Å². The van der Waals surface area contributed by atoms with Gasteiger partial charge in [-0.05, 0) is 121 Å². The summed E-state index contributed by atoms with van der Waals surface area (Å²) >= 11 is 0. The summed E-state index contributed by atoms with van der Waals surface area (Å²) in [5, 5.41) is 7.20. The van der Waals surface area contributed by atoms with Crippen LogP contribution >= 0.6 is 0 Å². The molecule has 1 aromatic heterocycles. The number of furan rings is 1. The molecular formula is C56H37NO. The summed E-state index contributed by atoms with van der Waals surface area (Å²) < 4.78 is 6.26. The monoisotopic (exact) mass is 739 g/mol. The zero-order chi connectivity index (χ0) is 38.4. The van der Waals surface area contributed by atoms with Crippen LogP contribution in [0.4, 0.5) is 17.1 Å². The summed E-state index contributed by atoms with van der Waals surface area (Å²) in [5.74, 6) is 0. The van der Waals surface area contributed by atoms with E-state index in [4.69, 9.17) is 4.42 Å². The van der Waals surface area contributed by atoms with E-state index < -0.39 is 0 Å². The van der Waals surface area contributed by atoms with Gasteiger partial charge >= 0.3 is 0 Å². The van der Waals surface area contributed by atoms with Crippen molar-refractivity contribution in [2.45, 2.75) is 0 Å². The summed E-state index contributed by atoms with van der Waals surface area (Å²) in [6.45, 7) is 0. The number of rotatable bonds is 7. The topological polar surface area (TPSA) is 16.4 Å². The highest BCUT2D eigenvalue weighted by atomic mass is 16.3. The third-order valence-corrected chi connectivity index (χ3v) is 11.4. The Labute approximate surface area is 337 Å². The minimum absolute atomic E-state index is 0.880. The Bertz CT molecular complexity index is 3260. The highest BCUT2D eigenvalue weighted by molar-refractivity contribution is 6.22. The lowest BCUT2D eigenvalue weighted by Gasteiger charge is -2.26. The molecule has 0 N–H and O–H groups in total. The number of hydrogen-bond donors (Lipinski definition) is 0. The molecule has 0 aliphatic rings. The van der Waals surface area contributed by atoms with Crippen LogP contribution in [0.25, 0.3) is 88.0 Å². The fraction of sp³-hybridized carbons (Fsp3) is 0. The maximum absolute atomic E-state index is 6.26. The van der Waals surface area contributed by atoms with E-state index in [1.54, 1.807) is 0 Å². The zero-order valence-electron chi connectivity index (χ0n) is 31.7. The lowest BCUT2D eigenvalue weighted by Crippen LogP contribution is -2.10. The first-order chi connectivity index (χ1) is 28.8. The summed E-state index contributed by atoms with van der Waals surface area (Å²) in [6, 6.07) is 80.8. The lowest BCUT2D eigenvalue weighted by atomic mass is 9.84. The van der Waals surface area contributed by atoms with Crippen LogP contribution < -0.4 is 4.90 Å². The van der Waals surface area contributed by atoms with Gasteiger partial charge in [0.1, 0.15) is 11.2 Å². The lowest BCUT2D eigenvalue weighted by molar-refractivity contribution is 0.669. The van der Waals surface area contributed by atoms with Crippen molar-refractivity contribution in [1.82, 2.24) is 0 Å². The first-order valence-corrected chi connectivity index (χ1v) is 19.8. The van der Waals surface area contributed by atoms with E-state index in [1.165, 1.54) is 54.9 Å². The number of fused-ring (bicyclic) bond motifs is 6. The van der Waals surface area contributed by atoms with Crippen molar-refractivity contribution in [3.05, 3.63) is 224 Å². The fourth-order valence-electron chi connectivity index (χ4n) is 8.74. The van der Waals surface area contributed by atoms with Crippen molar-refractivity contribution in [3.63, 3.8) is 0 Å². The van der Waals surface area contributed by atoms with Crippen LogP contribution in [0.3, 0.4) is 0 Å². The molecule has 0 unspecified atom stereocenters. The Balaban J connectivity index is 1.11. The molecule has 0 radical (unpaired) electrons. The highest BCUT2D eigenvalue weighted by Crippen LogP contribution is 2.46. The van der Waals surface area contributed by atoms with Crippen LogP contribution in [0.1, 0.15) is 0 Å². The molecule has 0 amide bonds. The van der Waals surface area contributed by atoms with Gasteiger partial charge in [-0.1, -0.05) is 170 Å². The van der Waals surface area contributed by atoms with Gasteiger partial charge in [-0.15, -0.1) is 0 Å². The maximum atomic E-state index is 6.26. The zero-order valence-corrected chi connectivity index (χ0v) is 31.7. The van der Waals surface area contributed by atoms with Gasteiger partial charge in [0, 0.05) is 27.8 Å². The van der Waals surface area contributed by atoms with Crippen molar-refractivity contribution >= 4 is 60.5 Å². The number of benzene rings is 10.